The summed E-state index contributed by atoms with van der Waals surface area (Å²) in [5, 5.41) is 7.42. The molecule has 0 saturated carbocycles. The van der Waals surface area contributed by atoms with Gasteiger partial charge in [0.1, 0.15) is 0 Å². The zero-order valence-corrected chi connectivity index (χ0v) is 12.0. The van der Waals surface area contributed by atoms with Crippen molar-refractivity contribution in [2.45, 2.75) is 0 Å². The first-order valence-corrected chi connectivity index (χ1v) is 7.62. The minimum Gasteiger partial charge on any atom is -0.368 e. The summed E-state index contributed by atoms with van der Waals surface area (Å²) < 4.78 is 0. The van der Waals surface area contributed by atoms with Crippen molar-refractivity contribution < 1.29 is 4.79 Å². The highest BCUT2D eigenvalue weighted by atomic mass is 32.1. The van der Waals surface area contributed by atoms with Crippen LogP contribution in [-0.2, 0) is 0 Å². The molecule has 104 valence electrons. The fourth-order valence-electron chi connectivity index (χ4n) is 2.52. The maximum absolute atomic E-state index is 11.8. The molecule has 0 bridgehead atoms. The monoisotopic (exact) mass is 287 g/mol. The van der Waals surface area contributed by atoms with Crippen LogP contribution in [0.15, 0.2) is 35.0 Å². The molecule has 1 aromatic heterocycles. The number of primary amides is 1. The maximum Gasteiger partial charge on any atom is 0.250 e. The van der Waals surface area contributed by atoms with Crippen molar-refractivity contribution in [1.29, 1.82) is 0 Å². The molecule has 1 aliphatic heterocycles. The van der Waals surface area contributed by atoms with Crippen molar-refractivity contribution >= 4 is 22.9 Å². The predicted octanol–water partition coefficient (Wildman–Crippen LogP) is 1.92. The van der Waals surface area contributed by atoms with Gasteiger partial charge in [-0.3, -0.25) is 4.79 Å². The number of rotatable bonds is 3. The molecule has 0 atom stereocenters. The van der Waals surface area contributed by atoms with Crippen LogP contribution in [0, 0.1) is 0 Å². The largest absolute Gasteiger partial charge is 0.368 e. The second kappa shape index (κ2) is 5.64. The molecule has 1 fully saturated rings. The van der Waals surface area contributed by atoms with E-state index < -0.39 is 0 Å². The average Bonchev–Trinajstić information content (AvgIpc) is 3.02. The van der Waals surface area contributed by atoms with E-state index in [2.05, 4.69) is 27.7 Å². The third-order valence-corrected chi connectivity index (χ3v) is 4.26. The van der Waals surface area contributed by atoms with Crippen LogP contribution < -0.4 is 16.0 Å². The van der Waals surface area contributed by atoms with Gasteiger partial charge in [-0.1, -0.05) is 6.07 Å². The van der Waals surface area contributed by atoms with Gasteiger partial charge < -0.3 is 16.0 Å². The summed E-state index contributed by atoms with van der Waals surface area (Å²) in [5.41, 5.74) is 9.28. The molecule has 5 heteroatoms. The van der Waals surface area contributed by atoms with Crippen LogP contribution in [0.3, 0.4) is 0 Å². The molecule has 3 rings (SSSR count). The first-order valence-electron chi connectivity index (χ1n) is 6.68. The fourth-order valence-corrected chi connectivity index (χ4v) is 3.19. The minimum absolute atomic E-state index is 0.365. The molecule has 1 amide bonds. The normalized spacial score (nSPS) is 15.3. The molecule has 2 aromatic rings. The number of nitrogens with zero attached hydrogens (tertiary/aromatic N) is 1. The maximum atomic E-state index is 11.8. The Kier molecular flexibility index (Phi) is 3.71. The first kappa shape index (κ1) is 13.1. The number of benzene rings is 1. The summed E-state index contributed by atoms with van der Waals surface area (Å²) in [7, 11) is 0. The Balaban J connectivity index is 2.00. The van der Waals surface area contributed by atoms with Crippen molar-refractivity contribution in [3.05, 3.63) is 40.6 Å². The van der Waals surface area contributed by atoms with E-state index in [0.717, 1.165) is 43.0 Å². The van der Waals surface area contributed by atoms with Crippen LogP contribution in [0.5, 0.6) is 0 Å². The van der Waals surface area contributed by atoms with Gasteiger partial charge in [0.15, 0.2) is 0 Å². The number of hydrogen-bond donors (Lipinski definition) is 2. The quantitative estimate of drug-likeness (QED) is 0.907. The van der Waals surface area contributed by atoms with Gasteiger partial charge in [-0.15, -0.1) is 0 Å². The molecule has 0 spiro atoms. The van der Waals surface area contributed by atoms with Gasteiger partial charge in [-0.25, -0.2) is 0 Å². The Labute approximate surface area is 122 Å². The lowest BCUT2D eigenvalue weighted by Crippen LogP contribution is -2.44. The number of hydrogen-bond acceptors (Lipinski definition) is 4. The molecule has 2 heterocycles. The summed E-state index contributed by atoms with van der Waals surface area (Å²) in [5.74, 6) is -0.365. The predicted molar refractivity (Wildman–Crippen MR) is 83.4 cm³/mol. The van der Waals surface area contributed by atoms with Crippen molar-refractivity contribution in [3.8, 4) is 11.1 Å². The summed E-state index contributed by atoms with van der Waals surface area (Å²) in [4.78, 5) is 14.0. The topological polar surface area (TPSA) is 58.4 Å². The SMILES string of the molecule is NC(=O)c1cc(-c2ccsc2)ccc1N1CCNCC1. The van der Waals surface area contributed by atoms with Crippen LogP contribution in [0.1, 0.15) is 10.4 Å². The van der Waals surface area contributed by atoms with Gasteiger partial charge in [0.25, 0.3) is 5.91 Å². The van der Waals surface area contributed by atoms with E-state index in [0.29, 0.717) is 5.56 Å². The van der Waals surface area contributed by atoms with Crippen LogP contribution in [-0.4, -0.2) is 32.1 Å². The standard InChI is InChI=1S/C15H17N3OS/c16-15(19)13-9-11(12-3-8-20-10-12)1-2-14(13)18-6-4-17-5-7-18/h1-3,8-10,17H,4-7H2,(H2,16,19). The molecule has 1 aromatic carbocycles. The number of nitrogens with one attached hydrogen (secondary N) is 1. The fraction of sp³-hybridized carbons (Fsp3) is 0.267. The minimum atomic E-state index is -0.365. The second-order valence-electron chi connectivity index (χ2n) is 4.85. The van der Waals surface area contributed by atoms with Crippen LogP contribution in [0.4, 0.5) is 5.69 Å². The zero-order chi connectivity index (χ0) is 13.9. The van der Waals surface area contributed by atoms with Gasteiger partial charge >= 0.3 is 0 Å². The lowest BCUT2D eigenvalue weighted by atomic mass is 10.0. The van der Waals surface area contributed by atoms with Gasteiger partial charge in [-0.2, -0.15) is 11.3 Å². The number of thiophene rings is 1. The van der Waals surface area contributed by atoms with Gasteiger partial charge in [0, 0.05) is 31.9 Å². The molecule has 1 aliphatic rings. The zero-order valence-electron chi connectivity index (χ0n) is 11.1. The van der Waals surface area contributed by atoms with Crippen molar-refractivity contribution in [1.82, 2.24) is 5.32 Å². The van der Waals surface area contributed by atoms with Crippen molar-refractivity contribution in [2.24, 2.45) is 5.73 Å². The molecule has 0 radical (unpaired) electrons. The third kappa shape index (κ3) is 2.55. The average molecular weight is 287 g/mol. The van der Waals surface area contributed by atoms with E-state index >= 15 is 0 Å². The molecule has 1 saturated heterocycles. The highest BCUT2D eigenvalue weighted by Gasteiger charge is 2.17. The second-order valence-corrected chi connectivity index (χ2v) is 5.63. The summed E-state index contributed by atoms with van der Waals surface area (Å²) in [6, 6.07) is 8.03. The Morgan fingerprint density at radius 3 is 2.65 bits per heavy atom. The highest BCUT2D eigenvalue weighted by Crippen LogP contribution is 2.28. The van der Waals surface area contributed by atoms with Crippen molar-refractivity contribution in [2.75, 3.05) is 31.1 Å². The number of anilines is 1. The lowest BCUT2D eigenvalue weighted by Gasteiger charge is -2.30. The van der Waals surface area contributed by atoms with Crippen molar-refractivity contribution in [3.63, 3.8) is 0 Å². The van der Waals surface area contributed by atoms with Crippen LogP contribution in [0.2, 0.25) is 0 Å². The third-order valence-electron chi connectivity index (χ3n) is 3.57. The molecular formula is C15H17N3OS. The Morgan fingerprint density at radius 1 is 1.20 bits per heavy atom. The lowest BCUT2D eigenvalue weighted by molar-refractivity contribution is 0.100. The number of nitrogens with two attached hydrogens (primary N) is 1. The summed E-state index contributed by atoms with van der Waals surface area (Å²) in [6.45, 7) is 3.67. The number of carbonyl (C=O) groups is 1. The summed E-state index contributed by atoms with van der Waals surface area (Å²) >= 11 is 1.65. The Morgan fingerprint density at radius 2 is 2.00 bits per heavy atom. The van der Waals surface area contributed by atoms with Gasteiger partial charge in [0.2, 0.25) is 0 Å². The van der Waals surface area contributed by atoms with E-state index in [1.165, 1.54) is 0 Å². The van der Waals surface area contributed by atoms with E-state index in [1.54, 1.807) is 11.3 Å². The Bertz CT molecular complexity index is 604. The summed E-state index contributed by atoms with van der Waals surface area (Å²) in [6.07, 6.45) is 0. The van der Waals surface area contributed by atoms with Crippen LogP contribution in [0.25, 0.3) is 11.1 Å². The molecular weight excluding hydrogens is 270 g/mol. The Hall–Kier alpha value is -1.85. The van der Waals surface area contributed by atoms with E-state index in [9.17, 15) is 4.79 Å². The molecule has 0 aliphatic carbocycles. The first-order chi connectivity index (χ1) is 9.75. The smallest absolute Gasteiger partial charge is 0.250 e. The van der Waals surface area contributed by atoms with Gasteiger partial charge in [0.05, 0.1) is 5.56 Å². The molecule has 3 N–H and O–H groups in total. The van der Waals surface area contributed by atoms with E-state index in [-0.39, 0.29) is 5.91 Å². The van der Waals surface area contributed by atoms with Gasteiger partial charge in [-0.05, 0) is 40.1 Å². The number of carbonyl (C=O) groups excluding carboxylic acids is 1. The number of piperazine rings is 1. The molecule has 0 unspecified atom stereocenters. The number of amides is 1. The highest BCUT2D eigenvalue weighted by molar-refractivity contribution is 7.08. The van der Waals surface area contributed by atoms with Crippen LogP contribution >= 0.6 is 11.3 Å². The van der Waals surface area contributed by atoms with E-state index in [1.807, 2.05) is 17.5 Å². The molecule has 4 nitrogen and oxygen atoms in total. The molecule has 20 heavy (non-hydrogen) atoms. The van der Waals surface area contributed by atoms with E-state index in [4.69, 9.17) is 5.73 Å².